The molecule has 4 nitrogen and oxygen atoms in total. The first-order valence-corrected chi connectivity index (χ1v) is 6.32. The maximum absolute atomic E-state index is 12.1. The average Bonchev–Trinajstić information content (AvgIpc) is 2.35. The fraction of sp³-hybridized carbons (Fsp3) is 0.533. The highest BCUT2D eigenvalue weighted by Gasteiger charge is 2.38. The zero-order valence-electron chi connectivity index (χ0n) is 12.1. The third kappa shape index (κ3) is 3.47. The topological polar surface area (TPSA) is 49.8 Å². The van der Waals surface area contributed by atoms with Gasteiger partial charge in [-0.15, -0.1) is 6.58 Å². The SMILES string of the molecule is C=C[C@@]1(CO)C=CC=CC1N(C)C(=O)OC(C)(C)C. The molecule has 19 heavy (non-hydrogen) atoms. The van der Waals surface area contributed by atoms with Gasteiger partial charge in [0.2, 0.25) is 0 Å². The van der Waals surface area contributed by atoms with Crippen LogP contribution in [0.1, 0.15) is 20.8 Å². The molecule has 1 rings (SSSR count). The summed E-state index contributed by atoms with van der Waals surface area (Å²) in [6.45, 7) is 9.12. The molecule has 1 aliphatic carbocycles. The molecule has 0 aromatic heterocycles. The first-order valence-electron chi connectivity index (χ1n) is 6.32. The number of carbonyl (C=O) groups excluding carboxylic acids is 1. The van der Waals surface area contributed by atoms with Crippen LogP contribution in [0.2, 0.25) is 0 Å². The Hall–Kier alpha value is -1.55. The number of likely N-dealkylation sites (N-methyl/N-ethyl adjacent to an activating group) is 1. The summed E-state index contributed by atoms with van der Waals surface area (Å²) in [6.07, 6.45) is 8.66. The Morgan fingerprint density at radius 1 is 1.53 bits per heavy atom. The van der Waals surface area contributed by atoms with Gasteiger partial charge in [-0.25, -0.2) is 4.79 Å². The zero-order chi connectivity index (χ0) is 14.7. The van der Waals surface area contributed by atoms with Crippen molar-refractivity contribution >= 4 is 6.09 Å². The van der Waals surface area contributed by atoms with Gasteiger partial charge in [-0.1, -0.05) is 30.4 Å². The third-order valence-corrected chi connectivity index (χ3v) is 3.11. The average molecular weight is 265 g/mol. The van der Waals surface area contributed by atoms with E-state index in [2.05, 4.69) is 6.58 Å². The summed E-state index contributed by atoms with van der Waals surface area (Å²) in [5, 5.41) is 9.64. The van der Waals surface area contributed by atoms with Crippen LogP contribution in [0, 0.1) is 5.41 Å². The normalized spacial score (nSPS) is 26.1. The number of hydrogen-bond acceptors (Lipinski definition) is 3. The van der Waals surface area contributed by atoms with E-state index in [0.29, 0.717) is 0 Å². The summed E-state index contributed by atoms with van der Waals surface area (Å²) in [5.41, 5.74) is -1.21. The molecule has 1 amide bonds. The van der Waals surface area contributed by atoms with Crippen LogP contribution in [-0.2, 0) is 4.74 Å². The van der Waals surface area contributed by atoms with E-state index in [1.54, 1.807) is 13.1 Å². The van der Waals surface area contributed by atoms with Crippen LogP contribution in [0.15, 0.2) is 37.0 Å². The molecule has 4 heteroatoms. The lowest BCUT2D eigenvalue weighted by atomic mass is 9.77. The molecule has 0 spiro atoms. The van der Waals surface area contributed by atoms with Crippen molar-refractivity contribution in [3.63, 3.8) is 0 Å². The summed E-state index contributed by atoms with van der Waals surface area (Å²) in [7, 11) is 1.66. The number of aliphatic hydroxyl groups excluding tert-OH is 1. The van der Waals surface area contributed by atoms with E-state index in [4.69, 9.17) is 4.74 Å². The maximum atomic E-state index is 12.1. The molecule has 0 saturated heterocycles. The predicted octanol–water partition coefficient (Wildman–Crippen LogP) is 2.51. The molecule has 0 aliphatic heterocycles. The van der Waals surface area contributed by atoms with Crippen molar-refractivity contribution < 1.29 is 14.6 Å². The Morgan fingerprint density at radius 2 is 2.16 bits per heavy atom. The number of amides is 1. The van der Waals surface area contributed by atoms with Gasteiger partial charge in [0.25, 0.3) is 0 Å². The Morgan fingerprint density at radius 3 is 2.63 bits per heavy atom. The van der Waals surface area contributed by atoms with Gasteiger partial charge in [-0.05, 0) is 20.8 Å². The van der Waals surface area contributed by atoms with Gasteiger partial charge < -0.3 is 14.7 Å². The molecule has 0 aromatic carbocycles. The number of aliphatic hydroxyl groups is 1. The van der Waals surface area contributed by atoms with Crippen LogP contribution in [0.4, 0.5) is 4.79 Å². The van der Waals surface area contributed by atoms with E-state index < -0.39 is 17.1 Å². The van der Waals surface area contributed by atoms with Crippen molar-refractivity contribution in [2.75, 3.05) is 13.7 Å². The van der Waals surface area contributed by atoms with Crippen molar-refractivity contribution in [3.8, 4) is 0 Å². The van der Waals surface area contributed by atoms with E-state index >= 15 is 0 Å². The van der Waals surface area contributed by atoms with E-state index in [-0.39, 0.29) is 12.6 Å². The quantitative estimate of drug-likeness (QED) is 0.798. The highest BCUT2D eigenvalue weighted by molar-refractivity contribution is 5.69. The van der Waals surface area contributed by atoms with E-state index in [0.717, 1.165) is 0 Å². The number of ether oxygens (including phenoxy) is 1. The van der Waals surface area contributed by atoms with Crippen LogP contribution in [-0.4, -0.2) is 41.4 Å². The summed E-state index contributed by atoms with van der Waals surface area (Å²) >= 11 is 0. The Balaban J connectivity index is 2.94. The number of allylic oxidation sites excluding steroid dienone is 2. The molecule has 106 valence electrons. The first kappa shape index (κ1) is 15.5. The number of carbonyl (C=O) groups is 1. The highest BCUT2D eigenvalue weighted by Crippen LogP contribution is 2.32. The summed E-state index contributed by atoms with van der Waals surface area (Å²) in [5.74, 6) is 0. The maximum Gasteiger partial charge on any atom is 0.410 e. The van der Waals surface area contributed by atoms with Crippen molar-refractivity contribution in [3.05, 3.63) is 37.0 Å². The van der Waals surface area contributed by atoms with Crippen LogP contribution >= 0.6 is 0 Å². The smallest absolute Gasteiger partial charge is 0.410 e. The van der Waals surface area contributed by atoms with Crippen LogP contribution in [0.3, 0.4) is 0 Å². The minimum atomic E-state index is -0.666. The van der Waals surface area contributed by atoms with Gasteiger partial charge in [0, 0.05) is 7.05 Å². The molecule has 0 heterocycles. The summed E-state index contributed by atoms with van der Waals surface area (Å²) in [6, 6.07) is -0.310. The molecular formula is C15H23NO3. The molecular weight excluding hydrogens is 242 g/mol. The molecule has 0 fully saturated rings. The molecule has 1 N–H and O–H groups in total. The Labute approximate surface area is 115 Å². The van der Waals surface area contributed by atoms with Gasteiger partial charge in [0.15, 0.2) is 0 Å². The molecule has 1 unspecified atom stereocenters. The van der Waals surface area contributed by atoms with Crippen molar-refractivity contribution in [2.24, 2.45) is 5.41 Å². The molecule has 2 atom stereocenters. The van der Waals surface area contributed by atoms with Gasteiger partial charge in [-0.3, -0.25) is 0 Å². The molecule has 0 bridgehead atoms. The first-order chi connectivity index (χ1) is 8.75. The minimum absolute atomic E-state index is 0.116. The standard InChI is InChI=1S/C15H23NO3/c1-6-15(11-17)10-8-7-9-12(15)16(5)13(18)19-14(2,3)4/h6-10,12,17H,1,11H2,2-5H3/t12?,15-/m0/s1. The van der Waals surface area contributed by atoms with E-state index in [1.165, 1.54) is 4.90 Å². The predicted molar refractivity (Wildman–Crippen MR) is 75.8 cm³/mol. The molecule has 0 saturated carbocycles. The van der Waals surface area contributed by atoms with Crippen LogP contribution in [0.5, 0.6) is 0 Å². The lowest BCUT2D eigenvalue weighted by molar-refractivity contribution is 0.0151. The fourth-order valence-corrected chi connectivity index (χ4v) is 2.02. The van der Waals surface area contributed by atoms with Crippen molar-refractivity contribution in [2.45, 2.75) is 32.4 Å². The lowest BCUT2D eigenvalue weighted by Gasteiger charge is -2.40. The largest absolute Gasteiger partial charge is 0.444 e. The second-order valence-corrected chi connectivity index (χ2v) is 5.75. The van der Waals surface area contributed by atoms with Crippen molar-refractivity contribution in [1.29, 1.82) is 0 Å². The number of nitrogens with zero attached hydrogens (tertiary/aromatic N) is 1. The van der Waals surface area contributed by atoms with Gasteiger partial charge in [0.1, 0.15) is 5.60 Å². The fourth-order valence-electron chi connectivity index (χ4n) is 2.02. The summed E-state index contributed by atoms with van der Waals surface area (Å²) in [4.78, 5) is 13.6. The monoisotopic (exact) mass is 265 g/mol. The van der Waals surface area contributed by atoms with Gasteiger partial charge in [-0.2, -0.15) is 0 Å². The molecule has 0 aromatic rings. The zero-order valence-corrected chi connectivity index (χ0v) is 12.1. The minimum Gasteiger partial charge on any atom is -0.444 e. The van der Waals surface area contributed by atoms with Gasteiger partial charge in [0.05, 0.1) is 18.1 Å². The Bertz CT molecular complexity index is 406. The van der Waals surface area contributed by atoms with E-state index in [1.807, 2.05) is 45.1 Å². The Kier molecular flexibility index (Phi) is 4.58. The second-order valence-electron chi connectivity index (χ2n) is 5.75. The van der Waals surface area contributed by atoms with Crippen molar-refractivity contribution in [1.82, 2.24) is 4.90 Å². The molecule has 1 aliphatic rings. The van der Waals surface area contributed by atoms with Crippen LogP contribution in [0.25, 0.3) is 0 Å². The summed E-state index contributed by atoms with van der Waals surface area (Å²) < 4.78 is 5.35. The molecule has 0 radical (unpaired) electrons. The van der Waals surface area contributed by atoms with E-state index in [9.17, 15) is 9.90 Å². The van der Waals surface area contributed by atoms with Gasteiger partial charge >= 0.3 is 6.09 Å². The third-order valence-electron chi connectivity index (χ3n) is 3.11. The highest BCUT2D eigenvalue weighted by atomic mass is 16.6. The number of rotatable bonds is 3. The number of hydrogen-bond donors (Lipinski definition) is 1. The lowest BCUT2D eigenvalue weighted by Crippen LogP contribution is -2.49. The second kappa shape index (κ2) is 5.61. The van der Waals surface area contributed by atoms with Crippen LogP contribution < -0.4 is 0 Å².